The molecule has 164 valence electrons. The zero-order valence-corrected chi connectivity index (χ0v) is 16.2. The van der Waals surface area contributed by atoms with Crippen LogP contribution in [0.3, 0.4) is 0 Å². The fourth-order valence-corrected chi connectivity index (χ4v) is 2.69. The van der Waals surface area contributed by atoms with Crippen molar-refractivity contribution in [3.05, 3.63) is 57.1 Å². The molecule has 0 fully saturated rings. The summed E-state index contributed by atoms with van der Waals surface area (Å²) in [5.74, 6) is 0. The van der Waals surface area contributed by atoms with Gasteiger partial charge >= 0.3 is 27.7 Å². The summed E-state index contributed by atoms with van der Waals surface area (Å²) in [4.78, 5) is 30.0. The average Bonchev–Trinajstić information content (AvgIpc) is 3.13. The highest BCUT2D eigenvalue weighted by atomic mass is 32.3. The van der Waals surface area contributed by atoms with Gasteiger partial charge in [0.1, 0.15) is 0 Å². The second-order valence-electron chi connectivity index (χ2n) is 6.07. The summed E-state index contributed by atoms with van der Waals surface area (Å²) in [5.41, 5.74) is -2.58. The highest BCUT2D eigenvalue weighted by molar-refractivity contribution is 7.79. The molecule has 0 spiro atoms. The van der Waals surface area contributed by atoms with E-state index < -0.39 is 33.3 Å². The number of rotatable bonds is 4. The van der Waals surface area contributed by atoms with Crippen LogP contribution in [-0.2, 0) is 23.1 Å². The van der Waals surface area contributed by atoms with E-state index in [0.29, 0.717) is 6.42 Å². The molecule has 1 aromatic carbocycles. The molecule has 3 rings (SSSR count). The first-order valence-electron chi connectivity index (χ1n) is 8.39. The summed E-state index contributed by atoms with van der Waals surface area (Å²) < 4.78 is 74.4. The first-order chi connectivity index (χ1) is 13.8. The Bertz CT molecular complexity index is 1240. The number of H-pyrrole nitrogens is 1. The molecule has 14 heteroatoms. The molecule has 0 unspecified atom stereocenters. The van der Waals surface area contributed by atoms with E-state index in [2.05, 4.69) is 9.97 Å². The van der Waals surface area contributed by atoms with Crippen LogP contribution in [-0.4, -0.2) is 36.6 Å². The maximum Gasteiger partial charge on any atom is 0.418 e. The van der Waals surface area contributed by atoms with Crippen LogP contribution < -0.4 is 11.1 Å². The molecule has 0 atom stereocenters. The molecular weight excluding hydrogens is 433 g/mol. The SMILES string of the molecule is CCCCn1c(=O)c(=O)[nH]c2cc(C(F)(F)F)c(-n3ccnc3)cc21.O=S(=O)(O)O. The number of alkyl halides is 3. The van der Waals surface area contributed by atoms with Crippen molar-refractivity contribution in [3.8, 4) is 5.69 Å². The number of imidazole rings is 1. The number of fused-ring (bicyclic) bond motifs is 1. The van der Waals surface area contributed by atoms with Crippen LogP contribution in [0.5, 0.6) is 0 Å². The van der Waals surface area contributed by atoms with Crippen molar-refractivity contribution in [1.29, 1.82) is 0 Å². The molecule has 2 aromatic heterocycles. The van der Waals surface area contributed by atoms with Crippen molar-refractivity contribution in [2.75, 3.05) is 0 Å². The Balaban J connectivity index is 0.000000575. The Labute approximate surface area is 167 Å². The Morgan fingerprint density at radius 1 is 1.20 bits per heavy atom. The number of nitrogens with one attached hydrogen (secondary N) is 1. The molecule has 10 nitrogen and oxygen atoms in total. The van der Waals surface area contributed by atoms with Crippen LogP contribution in [0, 0.1) is 0 Å². The van der Waals surface area contributed by atoms with E-state index in [9.17, 15) is 22.8 Å². The van der Waals surface area contributed by atoms with E-state index in [0.717, 1.165) is 12.5 Å². The highest BCUT2D eigenvalue weighted by Gasteiger charge is 2.35. The van der Waals surface area contributed by atoms with E-state index in [-0.39, 0.29) is 23.3 Å². The van der Waals surface area contributed by atoms with Crippen molar-refractivity contribution in [2.45, 2.75) is 32.5 Å². The lowest BCUT2D eigenvalue weighted by molar-refractivity contribution is -0.137. The lowest BCUT2D eigenvalue weighted by Gasteiger charge is -2.17. The monoisotopic (exact) mass is 450 g/mol. The topological polar surface area (TPSA) is 147 Å². The van der Waals surface area contributed by atoms with Crippen LogP contribution in [0.15, 0.2) is 40.4 Å². The van der Waals surface area contributed by atoms with Gasteiger partial charge in [-0.05, 0) is 18.6 Å². The van der Waals surface area contributed by atoms with Crippen molar-refractivity contribution in [2.24, 2.45) is 0 Å². The average molecular weight is 450 g/mol. The Morgan fingerprint density at radius 3 is 2.33 bits per heavy atom. The van der Waals surface area contributed by atoms with Crippen LogP contribution >= 0.6 is 0 Å². The number of benzene rings is 1. The third-order valence-corrected chi connectivity index (χ3v) is 3.92. The largest absolute Gasteiger partial charge is 0.418 e. The fourth-order valence-electron chi connectivity index (χ4n) is 2.69. The van der Waals surface area contributed by atoms with Crippen LogP contribution in [0.4, 0.5) is 13.2 Å². The number of halogens is 3. The first-order valence-corrected chi connectivity index (χ1v) is 9.79. The molecule has 0 aliphatic carbocycles. The Kier molecular flexibility index (Phi) is 6.84. The van der Waals surface area contributed by atoms with Crippen LogP contribution in [0.25, 0.3) is 16.7 Å². The third kappa shape index (κ3) is 5.77. The van der Waals surface area contributed by atoms with Crippen LogP contribution in [0.2, 0.25) is 0 Å². The minimum absolute atomic E-state index is 0.0307. The predicted molar refractivity (Wildman–Crippen MR) is 100 cm³/mol. The van der Waals surface area contributed by atoms with Crippen molar-refractivity contribution in [3.63, 3.8) is 0 Å². The number of unbranched alkanes of at least 4 members (excludes halogenated alkanes) is 1. The van der Waals surface area contributed by atoms with Crippen LogP contribution in [0.1, 0.15) is 25.3 Å². The Hall–Kier alpha value is -2.97. The van der Waals surface area contributed by atoms with Gasteiger partial charge in [-0.15, -0.1) is 0 Å². The molecule has 0 aliphatic rings. The van der Waals surface area contributed by atoms with E-state index in [1.165, 1.54) is 33.9 Å². The number of hydrogen-bond donors (Lipinski definition) is 3. The van der Waals surface area contributed by atoms with Gasteiger partial charge < -0.3 is 14.1 Å². The fraction of sp³-hybridized carbons (Fsp3) is 0.312. The standard InChI is InChI=1S/C16H15F3N4O2.H2O4S/c1-2-3-5-23-13-8-12(22-6-4-20-9-22)10(16(17,18)19)7-11(13)21-14(24)15(23)25;1-5(2,3)4/h4,6-9H,2-3,5H2,1H3,(H,21,24);(H2,1,2,3,4). The van der Waals surface area contributed by atoms with E-state index in [1.54, 1.807) is 0 Å². The Morgan fingerprint density at radius 2 is 1.83 bits per heavy atom. The van der Waals surface area contributed by atoms with E-state index >= 15 is 0 Å². The van der Waals surface area contributed by atoms with Gasteiger partial charge in [0.2, 0.25) is 0 Å². The molecule has 0 amide bonds. The second kappa shape index (κ2) is 8.81. The van der Waals surface area contributed by atoms with Gasteiger partial charge in [0, 0.05) is 18.9 Å². The van der Waals surface area contributed by atoms with Crippen molar-refractivity contribution >= 4 is 21.4 Å². The molecule has 30 heavy (non-hydrogen) atoms. The molecule has 0 radical (unpaired) electrons. The third-order valence-electron chi connectivity index (χ3n) is 3.92. The molecule has 3 aromatic rings. The minimum Gasteiger partial charge on any atom is -0.316 e. The van der Waals surface area contributed by atoms with Gasteiger partial charge in [0.25, 0.3) is 0 Å². The van der Waals surface area contributed by atoms with Gasteiger partial charge in [0.15, 0.2) is 0 Å². The van der Waals surface area contributed by atoms with Gasteiger partial charge in [-0.1, -0.05) is 13.3 Å². The normalized spacial score (nSPS) is 11.9. The van der Waals surface area contributed by atoms with Gasteiger partial charge in [-0.3, -0.25) is 18.7 Å². The zero-order chi connectivity index (χ0) is 22.7. The predicted octanol–water partition coefficient (Wildman–Crippen LogP) is 2.04. The number of aromatic nitrogens is 4. The maximum absolute atomic E-state index is 13.5. The molecular formula is C16H17F3N4O6S. The smallest absolute Gasteiger partial charge is 0.316 e. The first kappa shape index (κ1) is 23.3. The summed E-state index contributed by atoms with van der Waals surface area (Å²) in [7, 11) is -4.67. The number of aromatic amines is 1. The molecule has 0 bridgehead atoms. The van der Waals surface area contributed by atoms with Gasteiger partial charge in [-0.2, -0.15) is 21.6 Å². The summed E-state index contributed by atoms with van der Waals surface area (Å²) in [6.45, 7) is 2.17. The minimum atomic E-state index is -4.67. The quantitative estimate of drug-likeness (QED) is 0.407. The maximum atomic E-state index is 13.5. The van der Waals surface area contributed by atoms with E-state index in [1.807, 2.05) is 6.92 Å². The summed E-state index contributed by atoms with van der Waals surface area (Å²) >= 11 is 0. The highest BCUT2D eigenvalue weighted by Crippen LogP contribution is 2.35. The summed E-state index contributed by atoms with van der Waals surface area (Å²) in [6.07, 6.45) is 0.763. The molecule has 0 saturated carbocycles. The molecule has 0 saturated heterocycles. The number of nitrogens with zero attached hydrogens (tertiary/aromatic N) is 3. The molecule has 2 heterocycles. The summed E-state index contributed by atoms with van der Waals surface area (Å²) in [6, 6.07) is 2.11. The molecule has 0 aliphatic heterocycles. The molecule has 3 N–H and O–H groups in total. The van der Waals surface area contributed by atoms with Crippen molar-refractivity contribution in [1.82, 2.24) is 19.1 Å². The summed E-state index contributed by atoms with van der Waals surface area (Å²) in [5, 5.41) is 0. The van der Waals surface area contributed by atoms with E-state index in [4.69, 9.17) is 17.5 Å². The zero-order valence-electron chi connectivity index (χ0n) is 15.4. The lowest BCUT2D eigenvalue weighted by atomic mass is 10.1. The lowest BCUT2D eigenvalue weighted by Crippen LogP contribution is -2.36. The van der Waals surface area contributed by atoms with Gasteiger partial charge in [0.05, 0.1) is 28.6 Å². The van der Waals surface area contributed by atoms with Gasteiger partial charge in [-0.25, -0.2) is 4.98 Å². The number of hydrogen-bond acceptors (Lipinski definition) is 5. The number of aryl methyl sites for hydroxylation is 1. The second-order valence-corrected chi connectivity index (χ2v) is 6.96. The van der Waals surface area contributed by atoms with Crippen molar-refractivity contribution < 1.29 is 30.7 Å².